The number of hydrogen-bond acceptors (Lipinski definition) is 3. The van der Waals surface area contributed by atoms with Crippen LogP contribution in [0, 0.1) is 5.92 Å². The minimum atomic E-state index is 0.0864. The van der Waals surface area contributed by atoms with Crippen LogP contribution in [-0.4, -0.2) is 25.0 Å². The van der Waals surface area contributed by atoms with E-state index in [-0.39, 0.29) is 11.9 Å². The summed E-state index contributed by atoms with van der Waals surface area (Å²) in [4.78, 5) is 13.9. The third-order valence-corrected chi connectivity index (χ3v) is 4.61. The van der Waals surface area contributed by atoms with Gasteiger partial charge in [-0.25, -0.2) is 0 Å². The first-order valence-corrected chi connectivity index (χ1v) is 7.53. The highest BCUT2D eigenvalue weighted by molar-refractivity contribution is 5.77. The minimum absolute atomic E-state index is 0.0864. The van der Waals surface area contributed by atoms with E-state index < -0.39 is 0 Å². The molecule has 0 saturated carbocycles. The van der Waals surface area contributed by atoms with Crippen LogP contribution in [0.5, 0.6) is 0 Å². The Balaban J connectivity index is 1.68. The first-order chi connectivity index (χ1) is 9.63. The number of piperidine rings is 2. The van der Waals surface area contributed by atoms with Crippen LogP contribution in [0.2, 0.25) is 0 Å². The van der Waals surface area contributed by atoms with Gasteiger partial charge in [0.1, 0.15) is 0 Å². The van der Waals surface area contributed by atoms with E-state index in [0.717, 1.165) is 25.9 Å². The van der Waals surface area contributed by atoms with Gasteiger partial charge in [0.15, 0.2) is 0 Å². The fourth-order valence-corrected chi connectivity index (χ4v) is 3.33. The molecule has 3 rings (SSSR count). The smallest absolute Gasteiger partial charge is 0.220 e. The summed E-state index contributed by atoms with van der Waals surface area (Å²) in [5.41, 5.74) is 8.33. The van der Waals surface area contributed by atoms with Gasteiger partial charge >= 0.3 is 0 Å². The fraction of sp³-hybridized carbons (Fsp3) is 0.562. The second-order valence-corrected chi connectivity index (χ2v) is 6.09. The Kier molecular flexibility index (Phi) is 3.66. The first kappa shape index (κ1) is 13.4. The first-order valence-electron chi connectivity index (χ1n) is 7.53. The second kappa shape index (κ2) is 5.44. The molecule has 2 saturated heterocycles. The van der Waals surface area contributed by atoms with E-state index in [1.165, 1.54) is 11.3 Å². The summed E-state index contributed by atoms with van der Waals surface area (Å²) >= 11 is 0. The van der Waals surface area contributed by atoms with Crippen molar-refractivity contribution in [3.05, 3.63) is 29.8 Å². The number of benzene rings is 1. The molecule has 1 amide bonds. The molecule has 4 nitrogen and oxygen atoms in total. The van der Waals surface area contributed by atoms with E-state index in [9.17, 15) is 4.79 Å². The van der Waals surface area contributed by atoms with Gasteiger partial charge in [-0.3, -0.25) is 4.79 Å². The molecule has 3 N–H and O–H groups in total. The summed E-state index contributed by atoms with van der Waals surface area (Å²) in [6.45, 7) is 4.06. The van der Waals surface area contributed by atoms with Crippen molar-refractivity contribution < 1.29 is 4.79 Å². The second-order valence-electron chi connectivity index (χ2n) is 6.09. The van der Waals surface area contributed by atoms with Crippen LogP contribution in [-0.2, 0) is 4.79 Å². The van der Waals surface area contributed by atoms with Crippen molar-refractivity contribution >= 4 is 11.6 Å². The number of amides is 1. The monoisotopic (exact) mass is 273 g/mol. The quantitative estimate of drug-likeness (QED) is 0.864. The molecule has 1 aromatic carbocycles. The average Bonchev–Trinajstić information content (AvgIpc) is 2.47. The summed E-state index contributed by atoms with van der Waals surface area (Å²) in [5.74, 6) is 0.815. The lowest BCUT2D eigenvalue weighted by Crippen LogP contribution is -2.54. The van der Waals surface area contributed by atoms with Gasteiger partial charge in [0, 0.05) is 37.3 Å². The van der Waals surface area contributed by atoms with Crippen molar-refractivity contribution in [2.75, 3.05) is 18.0 Å². The van der Waals surface area contributed by atoms with Crippen molar-refractivity contribution in [2.45, 2.75) is 38.3 Å². The Bertz CT molecular complexity index is 483. The standard InChI is InChI=1S/C16H23N3O/c1-11(17)12-2-5-14(6-3-12)19-9-8-15-13(10-19)4-7-16(20)18-15/h2-3,5-6,11,13,15H,4,7-10,17H2,1H3,(H,18,20)/t11-,13?,15?/m0/s1. The zero-order valence-corrected chi connectivity index (χ0v) is 12.0. The lowest BCUT2D eigenvalue weighted by atomic mass is 9.85. The number of carbonyl (C=O) groups is 1. The molecule has 2 aliphatic heterocycles. The molecule has 0 radical (unpaired) electrons. The average molecular weight is 273 g/mol. The summed E-state index contributed by atoms with van der Waals surface area (Å²) in [6.07, 6.45) is 2.75. The number of carbonyl (C=O) groups excluding carboxylic acids is 1. The molecule has 4 heteroatoms. The van der Waals surface area contributed by atoms with Crippen LogP contribution in [0.3, 0.4) is 0 Å². The van der Waals surface area contributed by atoms with Crippen LogP contribution >= 0.6 is 0 Å². The molecular formula is C16H23N3O. The van der Waals surface area contributed by atoms with E-state index in [4.69, 9.17) is 5.73 Å². The van der Waals surface area contributed by atoms with Crippen molar-refractivity contribution in [3.63, 3.8) is 0 Å². The SMILES string of the molecule is C[C@H](N)c1ccc(N2CCC3NC(=O)CCC3C2)cc1. The molecule has 1 aromatic rings. The van der Waals surface area contributed by atoms with Gasteiger partial charge in [-0.15, -0.1) is 0 Å². The number of fused-ring (bicyclic) bond motifs is 1. The van der Waals surface area contributed by atoms with Crippen LogP contribution < -0.4 is 16.0 Å². The zero-order chi connectivity index (χ0) is 14.1. The maximum atomic E-state index is 11.4. The molecule has 0 bridgehead atoms. The summed E-state index contributed by atoms with van der Waals surface area (Å²) in [7, 11) is 0. The van der Waals surface area contributed by atoms with Gasteiger partial charge in [0.25, 0.3) is 0 Å². The maximum absolute atomic E-state index is 11.4. The van der Waals surface area contributed by atoms with Gasteiger partial charge in [-0.1, -0.05) is 12.1 Å². The van der Waals surface area contributed by atoms with Gasteiger partial charge in [-0.2, -0.15) is 0 Å². The molecular weight excluding hydrogens is 250 g/mol. The van der Waals surface area contributed by atoms with E-state index >= 15 is 0 Å². The molecule has 108 valence electrons. The van der Waals surface area contributed by atoms with Crippen molar-refractivity contribution in [3.8, 4) is 0 Å². The molecule has 2 aliphatic rings. The Hall–Kier alpha value is -1.55. The van der Waals surface area contributed by atoms with Crippen LogP contribution in [0.15, 0.2) is 24.3 Å². The Labute approximate surface area is 120 Å². The molecule has 0 spiro atoms. The van der Waals surface area contributed by atoms with Crippen molar-refractivity contribution in [2.24, 2.45) is 11.7 Å². The normalized spacial score (nSPS) is 27.7. The van der Waals surface area contributed by atoms with Gasteiger partial charge < -0.3 is 16.0 Å². The summed E-state index contributed by atoms with van der Waals surface area (Å²) in [5, 5.41) is 3.13. The van der Waals surface area contributed by atoms with Crippen LogP contribution in [0.1, 0.15) is 37.8 Å². The minimum Gasteiger partial charge on any atom is -0.371 e. The van der Waals surface area contributed by atoms with E-state index in [0.29, 0.717) is 18.4 Å². The van der Waals surface area contributed by atoms with Crippen LogP contribution in [0.25, 0.3) is 0 Å². The van der Waals surface area contributed by atoms with Gasteiger partial charge in [0.05, 0.1) is 0 Å². The third-order valence-electron chi connectivity index (χ3n) is 4.61. The lowest BCUT2D eigenvalue weighted by molar-refractivity contribution is -0.124. The lowest BCUT2D eigenvalue weighted by Gasteiger charge is -2.42. The zero-order valence-electron chi connectivity index (χ0n) is 12.0. The molecule has 2 unspecified atom stereocenters. The van der Waals surface area contributed by atoms with Crippen molar-refractivity contribution in [1.29, 1.82) is 0 Å². The van der Waals surface area contributed by atoms with E-state index in [2.05, 4.69) is 34.5 Å². The van der Waals surface area contributed by atoms with Gasteiger partial charge in [-0.05, 0) is 43.4 Å². The van der Waals surface area contributed by atoms with E-state index in [1.807, 2.05) is 6.92 Å². The fourth-order valence-electron chi connectivity index (χ4n) is 3.33. The molecule has 2 heterocycles. The molecule has 20 heavy (non-hydrogen) atoms. The highest BCUT2D eigenvalue weighted by Gasteiger charge is 2.33. The van der Waals surface area contributed by atoms with E-state index in [1.54, 1.807) is 0 Å². The summed E-state index contributed by atoms with van der Waals surface area (Å²) in [6, 6.07) is 9.05. The molecule has 2 fully saturated rings. The Morgan fingerprint density at radius 3 is 2.75 bits per heavy atom. The maximum Gasteiger partial charge on any atom is 0.220 e. The number of nitrogens with zero attached hydrogens (tertiary/aromatic N) is 1. The largest absolute Gasteiger partial charge is 0.371 e. The molecule has 0 aliphatic carbocycles. The van der Waals surface area contributed by atoms with Crippen molar-refractivity contribution in [1.82, 2.24) is 5.32 Å². The number of nitrogens with two attached hydrogens (primary N) is 1. The highest BCUT2D eigenvalue weighted by Crippen LogP contribution is 2.29. The third kappa shape index (κ3) is 2.66. The summed E-state index contributed by atoms with van der Waals surface area (Å²) < 4.78 is 0. The highest BCUT2D eigenvalue weighted by atomic mass is 16.1. The predicted octanol–water partition coefficient (Wildman–Crippen LogP) is 1.81. The Morgan fingerprint density at radius 2 is 2.05 bits per heavy atom. The predicted molar refractivity (Wildman–Crippen MR) is 80.5 cm³/mol. The number of hydrogen-bond donors (Lipinski definition) is 2. The number of rotatable bonds is 2. The Morgan fingerprint density at radius 1 is 1.30 bits per heavy atom. The number of nitrogens with one attached hydrogen (secondary N) is 1. The topological polar surface area (TPSA) is 58.4 Å². The van der Waals surface area contributed by atoms with Gasteiger partial charge in [0.2, 0.25) is 5.91 Å². The number of anilines is 1. The molecule has 3 atom stereocenters. The van der Waals surface area contributed by atoms with Crippen LogP contribution in [0.4, 0.5) is 5.69 Å². The molecule has 0 aromatic heterocycles.